The second kappa shape index (κ2) is 14.5. The van der Waals surface area contributed by atoms with Crippen molar-refractivity contribution >= 4 is 38.2 Å². The smallest absolute Gasteiger partial charge is 0.210 e. The van der Waals surface area contributed by atoms with Crippen LogP contribution < -0.4 is 9.64 Å². The highest BCUT2D eigenvalue weighted by molar-refractivity contribution is 7.98. The minimum atomic E-state index is -3.85. The van der Waals surface area contributed by atoms with Crippen LogP contribution >= 0.6 is 11.8 Å². The fourth-order valence-electron chi connectivity index (χ4n) is 8.59. The van der Waals surface area contributed by atoms with Crippen LogP contribution in [0.2, 0.25) is 0 Å². The summed E-state index contributed by atoms with van der Waals surface area (Å²) in [5.41, 5.74) is 1.36. The van der Waals surface area contributed by atoms with E-state index in [0.717, 1.165) is 59.9 Å². The second-order valence-corrected chi connectivity index (χ2v) is 18.8. The topological polar surface area (TPSA) is 66.0 Å². The zero-order valence-corrected chi connectivity index (χ0v) is 31.6. The molecule has 3 fully saturated rings. The second-order valence-electron chi connectivity index (χ2n) is 16.0. The fraction of sp³-hybridized carbons (Fsp3) is 0.615. The average Bonchev–Trinajstić information content (AvgIpc) is 3.07. The lowest BCUT2D eigenvalue weighted by Gasteiger charge is -2.45. The number of piperidine rings is 3. The van der Waals surface area contributed by atoms with E-state index >= 15 is 0 Å². The molecule has 262 valence electrons. The average molecular weight is 693 g/mol. The maximum atomic E-state index is 14.4. The van der Waals surface area contributed by atoms with E-state index in [1.165, 1.54) is 58.3 Å². The molecule has 4 heterocycles. The van der Waals surface area contributed by atoms with Crippen LogP contribution in [0.4, 0.5) is 5.69 Å². The summed E-state index contributed by atoms with van der Waals surface area (Å²) in [6, 6.07) is 14.4. The van der Waals surface area contributed by atoms with Gasteiger partial charge in [0.05, 0.1) is 16.1 Å². The number of benzene rings is 2. The van der Waals surface area contributed by atoms with E-state index in [-0.39, 0.29) is 20.8 Å². The molecule has 3 saturated heterocycles. The van der Waals surface area contributed by atoms with Crippen molar-refractivity contribution in [3.05, 3.63) is 48.7 Å². The van der Waals surface area contributed by atoms with Crippen LogP contribution in [0.25, 0.3) is 10.9 Å². The molecular formula is C39H56N4O3S2. The molecule has 3 aromatic rings. The predicted octanol–water partition coefficient (Wildman–Crippen LogP) is 8.30. The summed E-state index contributed by atoms with van der Waals surface area (Å²) in [6.07, 6.45) is 13.2. The minimum absolute atomic E-state index is 0.112. The maximum absolute atomic E-state index is 14.4. The highest BCUT2D eigenvalue weighted by atomic mass is 32.2. The van der Waals surface area contributed by atoms with E-state index in [9.17, 15) is 8.42 Å². The molecule has 3 aliphatic rings. The molecule has 0 spiro atoms. The van der Waals surface area contributed by atoms with Crippen molar-refractivity contribution in [3.63, 3.8) is 0 Å². The largest absolute Gasteiger partial charge is 0.488 e. The lowest BCUT2D eigenvalue weighted by atomic mass is 9.83. The number of hydrogen-bond donors (Lipinski definition) is 0. The Morgan fingerprint density at radius 2 is 1.42 bits per heavy atom. The Labute approximate surface area is 293 Å². The normalized spacial score (nSPS) is 20.0. The number of likely N-dealkylation sites (tertiary alicyclic amines) is 2. The lowest BCUT2D eigenvalue weighted by Crippen LogP contribution is -2.52. The van der Waals surface area contributed by atoms with Crippen molar-refractivity contribution < 1.29 is 13.2 Å². The van der Waals surface area contributed by atoms with Gasteiger partial charge in [-0.25, -0.2) is 8.42 Å². The number of anilines is 1. The molecule has 3 aliphatic heterocycles. The molecule has 6 rings (SSSR count). The van der Waals surface area contributed by atoms with Crippen LogP contribution in [-0.2, 0) is 9.84 Å². The van der Waals surface area contributed by atoms with Gasteiger partial charge in [0.25, 0.3) is 0 Å². The predicted molar refractivity (Wildman–Crippen MR) is 199 cm³/mol. The van der Waals surface area contributed by atoms with Crippen LogP contribution in [-0.4, -0.2) is 86.4 Å². The van der Waals surface area contributed by atoms with Crippen LogP contribution in [0.3, 0.4) is 0 Å². The van der Waals surface area contributed by atoms with Gasteiger partial charge in [-0.1, -0.05) is 27.2 Å². The first kappa shape index (κ1) is 35.5. The molecule has 0 radical (unpaired) electrons. The molecule has 2 aromatic carbocycles. The zero-order chi connectivity index (χ0) is 34.1. The number of nitrogens with zero attached hydrogens (tertiary/aromatic N) is 4. The van der Waals surface area contributed by atoms with Crippen molar-refractivity contribution in [2.75, 3.05) is 50.4 Å². The monoisotopic (exact) mass is 692 g/mol. The highest BCUT2D eigenvalue weighted by Gasteiger charge is 2.34. The van der Waals surface area contributed by atoms with Gasteiger partial charge in [-0.15, -0.1) is 11.8 Å². The molecule has 0 N–H and O–H groups in total. The summed E-state index contributed by atoms with van der Waals surface area (Å²) in [5, 5.41) is 0.910. The fourth-order valence-corrected chi connectivity index (χ4v) is 10.5. The molecule has 7 nitrogen and oxygen atoms in total. The van der Waals surface area contributed by atoms with E-state index in [1.54, 1.807) is 42.2 Å². The van der Waals surface area contributed by atoms with Gasteiger partial charge in [-0.2, -0.15) is 0 Å². The van der Waals surface area contributed by atoms with Gasteiger partial charge >= 0.3 is 0 Å². The molecule has 0 saturated carbocycles. The Morgan fingerprint density at radius 3 is 2.02 bits per heavy atom. The Kier molecular flexibility index (Phi) is 10.7. The number of fused-ring (bicyclic) bond motifs is 1. The van der Waals surface area contributed by atoms with Crippen molar-refractivity contribution in [3.8, 4) is 5.75 Å². The van der Waals surface area contributed by atoms with E-state index < -0.39 is 9.84 Å². The van der Waals surface area contributed by atoms with E-state index in [2.05, 4.69) is 72.7 Å². The number of sulfone groups is 1. The van der Waals surface area contributed by atoms with Gasteiger partial charge in [-0.3, -0.25) is 4.98 Å². The van der Waals surface area contributed by atoms with E-state index in [4.69, 9.17) is 4.74 Å². The number of aromatic nitrogens is 1. The molecule has 0 atom stereocenters. The number of hydrogen-bond acceptors (Lipinski definition) is 8. The maximum Gasteiger partial charge on any atom is 0.210 e. The first-order valence-electron chi connectivity index (χ1n) is 18.1. The molecule has 0 aliphatic carbocycles. The summed E-state index contributed by atoms with van der Waals surface area (Å²) in [4.78, 5) is 14.1. The van der Waals surface area contributed by atoms with Crippen molar-refractivity contribution in [2.45, 2.75) is 118 Å². The minimum Gasteiger partial charge on any atom is -0.488 e. The number of thioether (sulfide) groups is 1. The van der Waals surface area contributed by atoms with Gasteiger partial charge < -0.3 is 19.4 Å². The molecule has 48 heavy (non-hydrogen) atoms. The standard InChI is InChI=1S/C39H56N4O3S2/c1-38(2,3)28-39(4,5)46-31-10-13-33(14-11-31)48(44,45)36-27-40-35-15-12-32(47-6)26-34(35)37(36)43-24-18-30(19-25-43)42-22-16-29(17-23-42)41-20-8-7-9-21-41/h10-15,26-27,29-30H,7-9,16-25,28H2,1-6H3. The van der Waals surface area contributed by atoms with Crippen LogP contribution in [0.1, 0.15) is 86.0 Å². The summed E-state index contributed by atoms with van der Waals surface area (Å²) in [5.74, 6) is 0.673. The van der Waals surface area contributed by atoms with Gasteiger partial charge in [0.2, 0.25) is 9.84 Å². The third-order valence-corrected chi connectivity index (χ3v) is 13.0. The number of rotatable bonds is 9. The van der Waals surface area contributed by atoms with Crippen molar-refractivity contribution in [2.24, 2.45) is 5.41 Å². The Morgan fingerprint density at radius 1 is 0.812 bits per heavy atom. The van der Waals surface area contributed by atoms with Gasteiger partial charge in [0.15, 0.2) is 0 Å². The molecule has 0 bridgehead atoms. The molecule has 1 aromatic heterocycles. The van der Waals surface area contributed by atoms with Gasteiger partial charge in [0, 0.05) is 41.7 Å². The SMILES string of the molecule is CSc1ccc2ncc(S(=O)(=O)c3ccc(OC(C)(C)CC(C)(C)C)cc3)c(N3CCC(N4CCC(N5CCCCC5)CC4)CC3)c2c1. The first-order chi connectivity index (χ1) is 22.8. The zero-order valence-electron chi connectivity index (χ0n) is 30.0. The van der Waals surface area contributed by atoms with E-state index in [0.29, 0.717) is 11.8 Å². The molecule has 9 heteroatoms. The van der Waals surface area contributed by atoms with Gasteiger partial charge in [-0.05, 0) is 139 Å². The first-order valence-corrected chi connectivity index (χ1v) is 20.8. The third-order valence-electron chi connectivity index (χ3n) is 10.5. The van der Waals surface area contributed by atoms with Crippen LogP contribution in [0.15, 0.2) is 63.3 Å². The number of ether oxygens (including phenoxy) is 1. The lowest BCUT2D eigenvalue weighted by molar-refractivity contribution is 0.0621. The summed E-state index contributed by atoms with van der Waals surface area (Å²) in [7, 11) is -3.85. The summed E-state index contributed by atoms with van der Waals surface area (Å²) < 4.78 is 35.2. The third kappa shape index (κ3) is 8.17. The van der Waals surface area contributed by atoms with Gasteiger partial charge in [0.1, 0.15) is 16.2 Å². The molecule has 0 amide bonds. The van der Waals surface area contributed by atoms with Crippen LogP contribution in [0.5, 0.6) is 5.75 Å². The summed E-state index contributed by atoms with van der Waals surface area (Å²) >= 11 is 1.67. The molecule has 0 unspecified atom stereocenters. The van der Waals surface area contributed by atoms with E-state index in [1.807, 2.05) is 6.07 Å². The summed E-state index contributed by atoms with van der Waals surface area (Å²) in [6.45, 7) is 17.3. The Hall–Kier alpha value is -2.33. The Bertz CT molecular complexity index is 1650. The molecular weight excluding hydrogens is 637 g/mol. The van der Waals surface area contributed by atoms with Crippen molar-refractivity contribution in [1.82, 2.24) is 14.8 Å². The van der Waals surface area contributed by atoms with Crippen molar-refractivity contribution in [1.29, 1.82) is 0 Å². The van der Waals surface area contributed by atoms with Crippen LogP contribution in [0, 0.1) is 5.41 Å². The quantitative estimate of drug-likeness (QED) is 0.208. The highest BCUT2D eigenvalue weighted by Crippen LogP contribution is 2.40. The number of pyridine rings is 1. The Balaban J connectivity index is 1.22.